The van der Waals surface area contributed by atoms with Crippen molar-refractivity contribution in [2.24, 2.45) is 0 Å². The van der Waals surface area contributed by atoms with Crippen LogP contribution in [0.3, 0.4) is 0 Å². The van der Waals surface area contributed by atoms with E-state index in [1.54, 1.807) is 19.0 Å². The highest BCUT2D eigenvalue weighted by Gasteiger charge is 2.22. The maximum atomic E-state index is 12.3. The number of carbonyl (C=O) groups excluding carboxylic acids is 1. The van der Waals surface area contributed by atoms with Crippen LogP contribution in [0.2, 0.25) is 0 Å². The fourth-order valence-electron chi connectivity index (χ4n) is 2.89. The van der Waals surface area contributed by atoms with Crippen LogP contribution in [0.25, 0.3) is 22.2 Å². The summed E-state index contributed by atoms with van der Waals surface area (Å²) in [6.45, 7) is 3.96. The average molecular weight is 311 g/mol. The first-order chi connectivity index (χ1) is 11.0. The molecule has 5 heteroatoms. The predicted octanol–water partition coefficient (Wildman–Crippen LogP) is 3.32. The first-order valence-corrected chi connectivity index (χ1v) is 7.78. The lowest BCUT2D eigenvalue weighted by atomic mass is 10.00. The van der Waals surface area contributed by atoms with Gasteiger partial charge >= 0.3 is 0 Å². The molecule has 3 aromatic rings. The Balaban J connectivity index is 2.23. The molecular weight excluding hydrogens is 290 g/mol. The van der Waals surface area contributed by atoms with Gasteiger partial charge in [-0.1, -0.05) is 30.3 Å². The Morgan fingerprint density at radius 2 is 2.04 bits per heavy atom. The van der Waals surface area contributed by atoms with Gasteiger partial charge in [0.2, 0.25) is 5.91 Å². The Kier molecular flexibility index (Phi) is 3.94. The number of rotatable bonds is 4. The van der Waals surface area contributed by atoms with Gasteiger partial charge in [0.1, 0.15) is 5.76 Å². The van der Waals surface area contributed by atoms with Crippen molar-refractivity contribution in [3.63, 3.8) is 0 Å². The second kappa shape index (κ2) is 5.91. The van der Waals surface area contributed by atoms with Gasteiger partial charge in [0, 0.05) is 25.0 Å². The van der Waals surface area contributed by atoms with Crippen molar-refractivity contribution in [1.29, 1.82) is 0 Å². The van der Waals surface area contributed by atoms with Crippen LogP contribution in [0.15, 0.2) is 28.8 Å². The predicted molar refractivity (Wildman–Crippen MR) is 90.3 cm³/mol. The van der Waals surface area contributed by atoms with Crippen LogP contribution in [-0.4, -0.2) is 35.0 Å². The molecule has 23 heavy (non-hydrogen) atoms. The molecule has 0 radical (unpaired) electrons. The molecule has 1 N–H and O–H groups in total. The van der Waals surface area contributed by atoms with Gasteiger partial charge in [0.25, 0.3) is 0 Å². The standard InChI is InChI=1S/C18H21N3O2/c1-5-14-17(11(2)23-20-14)18-13(10-16(22)21(3)4)12-8-6-7-9-15(12)19-18/h6-9,19H,5,10H2,1-4H3. The lowest BCUT2D eigenvalue weighted by molar-refractivity contribution is -0.127. The molecule has 0 aliphatic carbocycles. The van der Waals surface area contributed by atoms with Gasteiger partial charge in [0.15, 0.2) is 0 Å². The number of aromatic nitrogens is 2. The summed E-state index contributed by atoms with van der Waals surface area (Å²) in [5, 5.41) is 5.22. The summed E-state index contributed by atoms with van der Waals surface area (Å²) >= 11 is 0. The van der Waals surface area contributed by atoms with E-state index in [1.807, 2.05) is 38.1 Å². The largest absolute Gasteiger partial charge is 0.361 e. The zero-order chi connectivity index (χ0) is 16.6. The Morgan fingerprint density at radius 3 is 2.74 bits per heavy atom. The third-order valence-corrected chi connectivity index (χ3v) is 4.16. The number of para-hydroxylation sites is 1. The fraction of sp³-hybridized carbons (Fsp3) is 0.333. The molecule has 0 aliphatic rings. The highest BCUT2D eigenvalue weighted by atomic mass is 16.5. The Bertz CT molecular complexity index is 858. The lowest BCUT2D eigenvalue weighted by Gasteiger charge is -2.11. The molecule has 0 unspecified atom stereocenters. The normalized spacial score (nSPS) is 11.1. The molecule has 2 aromatic heterocycles. The molecule has 2 heterocycles. The van der Waals surface area contributed by atoms with Crippen molar-refractivity contribution in [3.8, 4) is 11.3 Å². The number of amides is 1. The Labute approximate surface area is 135 Å². The molecule has 120 valence electrons. The second-order valence-electron chi connectivity index (χ2n) is 5.90. The molecule has 0 bridgehead atoms. The summed E-state index contributed by atoms with van der Waals surface area (Å²) in [6, 6.07) is 8.05. The fourth-order valence-corrected chi connectivity index (χ4v) is 2.89. The Hall–Kier alpha value is -2.56. The summed E-state index contributed by atoms with van der Waals surface area (Å²) < 4.78 is 5.38. The molecule has 0 fully saturated rings. The highest BCUT2D eigenvalue weighted by molar-refractivity contribution is 5.95. The second-order valence-corrected chi connectivity index (χ2v) is 5.90. The molecule has 0 atom stereocenters. The molecule has 5 nitrogen and oxygen atoms in total. The number of benzene rings is 1. The SMILES string of the molecule is CCc1noc(C)c1-c1[nH]c2ccccc2c1CC(=O)N(C)C. The lowest BCUT2D eigenvalue weighted by Crippen LogP contribution is -2.23. The first kappa shape index (κ1) is 15.3. The van der Waals surface area contributed by atoms with Crippen LogP contribution in [0, 0.1) is 6.92 Å². The minimum absolute atomic E-state index is 0.0724. The number of hydrogen-bond acceptors (Lipinski definition) is 3. The van der Waals surface area contributed by atoms with Gasteiger partial charge in [-0.3, -0.25) is 4.79 Å². The molecule has 1 amide bonds. The van der Waals surface area contributed by atoms with Crippen LogP contribution in [-0.2, 0) is 17.6 Å². The van der Waals surface area contributed by atoms with Crippen LogP contribution < -0.4 is 0 Å². The van der Waals surface area contributed by atoms with Crippen molar-refractivity contribution < 1.29 is 9.32 Å². The molecule has 0 saturated carbocycles. The van der Waals surface area contributed by atoms with Gasteiger partial charge in [-0.15, -0.1) is 0 Å². The minimum atomic E-state index is 0.0724. The zero-order valence-corrected chi connectivity index (χ0v) is 13.9. The van der Waals surface area contributed by atoms with Crippen LogP contribution >= 0.6 is 0 Å². The number of nitrogens with one attached hydrogen (secondary N) is 1. The summed E-state index contributed by atoms with van der Waals surface area (Å²) in [6.07, 6.45) is 1.13. The van der Waals surface area contributed by atoms with Crippen LogP contribution in [0.1, 0.15) is 23.9 Å². The van der Waals surface area contributed by atoms with E-state index in [1.165, 1.54) is 0 Å². The Morgan fingerprint density at radius 1 is 1.30 bits per heavy atom. The molecule has 0 aliphatic heterocycles. The van der Waals surface area contributed by atoms with Crippen LogP contribution in [0.4, 0.5) is 0 Å². The first-order valence-electron chi connectivity index (χ1n) is 7.78. The number of carbonyl (C=O) groups is 1. The van der Waals surface area contributed by atoms with Crippen molar-refractivity contribution in [3.05, 3.63) is 41.3 Å². The number of aromatic amines is 1. The minimum Gasteiger partial charge on any atom is -0.361 e. The molecule has 3 rings (SSSR count). The quantitative estimate of drug-likeness (QED) is 0.804. The number of likely N-dealkylation sites (N-methyl/N-ethyl adjacent to an activating group) is 1. The van der Waals surface area contributed by atoms with Gasteiger partial charge in [-0.25, -0.2) is 0 Å². The number of hydrogen-bond donors (Lipinski definition) is 1. The molecule has 0 saturated heterocycles. The summed E-state index contributed by atoms with van der Waals surface area (Å²) in [4.78, 5) is 17.4. The number of aryl methyl sites for hydroxylation is 2. The van der Waals surface area contributed by atoms with E-state index in [9.17, 15) is 4.79 Å². The number of nitrogens with zero attached hydrogens (tertiary/aromatic N) is 2. The van der Waals surface area contributed by atoms with Crippen molar-refractivity contribution in [1.82, 2.24) is 15.0 Å². The van der Waals surface area contributed by atoms with Crippen molar-refractivity contribution in [2.75, 3.05) is 14.1 Å². The molecule has 1 aromatic carbocycles. The van der Waals surface area contributed by atoms with E-state index in [0.29, 0.717) is 6.42 Å². The van der Waals surface area contributed by atoms with Gasteiger partial charge in [-0.05, 0) is 25.0 Å². The van der Waals surface area contributed by atoms with Gasteiger partial charge < -0.3 is 14.4 Å². The topological polar surface area (TPSA) is 62.1 Å². The average Bonchev–Trinajstić information content (AvgIpc) is 3.07. The highest BCUT2D eigenvalue weighted by Crippen LogP contribution is 2.35. The molecular formula is C18H21N3O2. The van der Waals surface area contributed by atoms with E-state index in [2.05, 4.69) is 10.1 Å². The van der Waals surface area contributed by atoms with E-state index in [4.69, 9.17) is 4.52 Å². The van der Waals surface area contributed by atoms with E-state index in [-0.39, 0.29) is 5.91 Å². The third-order valence-electron chi connectivity index (χ3n) is 4.16. The zero-order valence-electron chi connectivity index (χ0n) is 13.9. The van der Waals surface area contributed by atoms with Gasteiger partial charge in [-0.2, -0.15) is 0 Å². The smallest absolute Gasteiger partial charge is 0.226 e. The third kappa shape index (κ3) is 2.63. The van der Waals surface area contributed by atoms with E-state index in [0.717, 1.165) is 45.6 Å². The maximum absolute atomic E-state index is 12.3. The maximum Gasteiger partial charge on any atom is 0.226 e. The summed E-state index contributed by atoms with van der Waals surface area (Å²) in [7, 11) is 3.55. The monoisotopic (exact) mass is 311 g/mol. The van der Waals surface area contributed by atoms with E-state index >= 15 is 0 Å². The molecule has 0 spiro atoms. The van der Waals surface area contributed by atoms with Gasteiger partial charge in [0.05, 0.1) is 23.4 Å². The van der Waals surface area contributed by atoms with Crippen molar-refractivity contribution >= 4 is 16.8 Å². The summed E-state index contributed by atoms with van der Waals surface area (Å²) in [5.74, 6) is 0.843. The summed E-state index contributed by atoms with van der Waals surface area (Å²) in [5.41, 5.74) is 4.85. The number of fused-ring (bicyclic) bond motifs is 1. The van der Waals surface area contributed by atoms with Crippen LogP contribution in [0.5, 0.6) is 0 Å². The number of H-pyrrole nitrogens is 1. The van der Waals surface area contributed by atoms with E-state index < -0.39 is 0 Å². The van der Waals surface area contributed by atoms with Crippen molar-refractivity contribution in [2.45, 2.75) is 26.7 Å².